The quantitative estimate of drug-likeness (QED) is 0.384. The van der Waals surface area contributed by atoms with Gasteiger partial charge in [-0.05, 0) is 39.6 Å². The van der Waals surface area contributed by atoms with Crippen LogP contribution in [0.5, 0.6) is 0 Å². The van der Waals surface area contributed by atoms with Crippen molar-refractivity contribution in [2.24, 2.45) is 0 Å². The summed E-state index contributed by atoms with van der Waals surface area (Å²) in [6.45, 7) is 2.26. The molecule has 1 saturated heterocycles. The van der Waals surface area contributed by atoms with E-state index in [0.29, 0.717) is 6.61 Å². The van der Waals surface area contributed by atoms with Crippen LogP contribution in [0.1, 0.15) is 11.9 Å². The minimum atomic E-state index is 0.125. The van der Waals surface area contributed by atoms with E-state index in [2.05, 4.69) is 85.9 Å². The summed E-state index contributed by atoms with van der Waals surface area (Å²) < 4.78 is 5.56. The van der Waals surface area contributed by atoms with Gasteiger partial charge >= 0.3 is 0 Å². The third-order valence-corrected chi connectivity index (χ3v) is 6.03. The zero-order valence-electron chi connectivity index (χ0n) is 17.5. The highest BCUT2D eigenvalue weighted by Gasteiger charge is 2.18. The van der Waals surface area contributed by atoms with Gasteiger partial charge in [-0.1, -0.05) is 48.5 Å². The number of rotatable bonds is 4. The van der Waals surface area contributed by atoms with Gasteiger partial charge in [0.25, 0.3) is 0 Å². The van der Waals surface area contributed by atoms with Crippen molar-refractivity contribution in [2.75, 3.05) is 19.8 Å². The van der Waals surface area contributed by atoms with Crippen LogP contribution < -0.4 is 5.32 Å². The first-order valence-electron chi connectivity index (χ1n) is 10.8. The number of benzene rings is 3. The molecule has 0 aliphatic carbocycles. The number of imidazole rings is 2. The van der Waals surface area contributed by atoms with Crippen molar-refractivity contribution in [2.45, 2.75) is 6.04 Å². The first kappa shape index (κ1) is 19.0. The first-order chi connectivity index (χ1) is 15.8. The lowest BCUT2D eigenvalue weighted by molar-refractivity contribution is 0.0745. The molecule has 6 nitrogen and oxygen atoms in total. The maximum Gasteiger partial charge on any atom is 0.126 e. The molecule has 3 heterocycles. The molecule has 32 heavy (non-hydrogen) atoms. The van der Waals surface area contributed by atoms with E-state index in [0.717, 1.165) is 41.5 Å². The van der Waals surface area contributed by atoms with Crippen molar-refractivity contribution in [1.29, 1.82) is 0 Å². The van der Waals surface area contributed by atoms with Gasteiger partial charge in [-0.3, -0.25) is 0 Å². The van der Waals surface area contributed by atoms with Gasteiger partial charge in [0.05, 0.1) is 49.4 Å². The van der Waals surface area contributed by atoms with Crippen LogP contribution in [0.15, 0.2) is 79.4 Å². The Morgan fingerprint density at radius 1 is 0.781 bits per heavy atom. The third-order valence-electron chi connectivity index (χ3n) is 6.03. The van der Waals surface area contributed by atoms with Crippen molar-refractivity contribution in [1.82, 2.24) is 25.3 Å². The Morgan fingerprint density at radius 2 is 1.53 bits per heavy atom. The normalized spacial score (nSPS) is 16.4. The van der Waals surface area contributed by atoms with E-state index in [1.165, 1.54) is 21.9 Å². The SMILES string of the molecule is c1ncc(-c2ccc(-c3ccc4cc(-c5cnc([C@@H]6COCCN6)[nH]5)ccc4c3)cc2)[nH]1. The Kier molecular flexibility index (Phi) is 4.79. The van der Waals surface area contributed by atoms with Crippen LogP contribution in [0.4, 0.5) is 0 Å². The van der Waals surface area contributed by atoms with E-state index in [1.54, 1.807) is 6.33 Å². The van der Waals surface area contributed by atoms with Crippen LogP contribution >= 0.6 is 0 Å². The predicted octanol–water partition coefficient (Wildman–Crippen LogP) is 4.95. The number of nitrogens with zero attached hydrogens (tertiary/aromatic N) is 2. The molecule has 0 bridgehead atoms. The molecule has 1 fully saturated rings. The Bertz CT molecular complexity index is 1350. The van der Waals surface area contributed by atoms with Crippen LogP contribution in [-0.2, 0) is 4.74 Å². The Hall–Kier alpha value is -3.74. The molecule has 0 unspecified atom stereocenters. The number of H-pyrrole nitrogens is 2. The van der Waals surface area contributed by atoms with Crippen LogP contribution in [0, 0.1) is 0 Å². The van der Waals surface area contributed by atoms with E-state index in [-0.39, 0.29) is 6.04 Å². The maximum absolute atomic E-state index is 5.56. The molecular formula is C26H23N5O. The average molecular weight is 422 g/mol. The number of ether oxygens (including phenoxy) is 1. The van der Waals surface area contributed by atoms with E-state index >= 15 is 0 Å². The summed E-state index contributed by atoms with van der Waals surface area (Å²) in [6, 6.07) is 21.8. The van der Waals surface area contributed by atoms with Gasteiger partial charge in [0, 0.05) is 12.1 Å². The second-order valence-corrected chi connectivity index (χ2v) is 8.08. The fraction of sp³-hybridized carbons (Fsp3) is 0.154. The lowest BCUT2D eigenvalue weighted by Gasteiger charge is -2.21. The zero-order valence-corrected chi connectivity index (χ0v) is 17.5. The molecule has 5 aromatic rings. The molecule has 3 N–H and O–H groups in total. The van der Waals surface area contributed by atoms with Gasteiger partial charge in [0.15, 0.2) is 0 Å². The monoisotopic (exact) mass is 421 g/mol. The fourth-order valence-electron chi connectivity index (χ4n) is 4.25. The molecule has 158 valence electrons. The molecule has 0 saturated carbocycles. The fourth-order valence-corrected chi connectivity index (χ4v) is 4.25. The summed E-state index contributed by atoms with van der Waals surface area (Å²) in [6.07, 6.45) is 5.44. The van der Waals surface area contributed by atoms with Gasteiger partial charge in [0.2, 0.25) is 0 Å². The highest BCUT2D eigenvalue weighted by Crippen LogP contribution is 2.29. The molecule has 0 amide bonds. The molecule has 6 rings (SSSR count). The molecule has 1 aliphatic rings. The molecule has 1 aliphatic heterocycles. The van der Waals surface area contributed by atoms with E-state index in [4.69, 9.17) is 4.74 Å². The highest BCUT2D eigenvalue weighted by molar-refractivity contribution is 5.90. The number of hydrogen-bond donors (Lipinski definition) is 3. The van der Waals surface area contributed by atoms with Crippen molar-refractivity contribution < 1.29 is 4.74 Å². The van der Waals surface area contributed by atoms with E-state index < -0.39 is 0 Å². The third kappa shape index (κ3) is 3.60. The predicted molar refractivity (Wildman–Crippen MR) is 126 cm³/mol. The van der Waals surface area contributed by atoms with Crippen molar-refractivity contribution in [3.05, 3.63) is 85.2 Å². The average Bonchev–Trinajstić information content (AvgIpc) is 3.57. The zero-order chi connectivity index (χ0) is 21.3. The summed E-state index contributed by atoms with van der Waals surface area (Å²) in [5.41, 5.74) is 6.70. The van der Waals surface area contributed by atoms with Crippen molar-refractivity contribution in [3.8, 4) is 33.6 Å². The highest BCUT2D eigenvalue weighted by atomic mass is 16.5. The molecule has 1 atom stereocenters. The molecular weight excluding hydrogens is 398 g/mol. The van der Waals surface area contributed by atoms with E-state index in [9.17, 15) is 0 Å². The Morgan fingerprint density at radius 3 is 2.28 bits per heavy atom. The minimum absolute atomic E-state index is 0.125. The largest absolute Gasteiger partial charge is 0.378 e. The smallest absolute Gasteiger partial charge is 0.126 e. The van der Waals surface area contributed by atoms with Gasteiger partial charge in [-0.25, -0.2) is 9.97 Å². The van der Waals surface area contributed by atoms with Gasteiger partial charge in [-0.2, -0.15) is 0 Å². The number of hydrogen-bond acceptors (Lipinski definition) is 4. The van der Waals surface area contributed by atoms with Gasteiger partial charge in [-0.15, -0.1) is 0 Å². The lowest BCUT2D eigenvalue weighted by Crippen LogP contribution is -2.35. The summed E-state index contributed by atoms with van der Waals surface area (Å²) in [7, 11) is 0. The Balaban J connectivity index is 1.26. The van der Waals surface area contributed by atoms with Crippen molar-refractivity contribution in [3.63, 3.8) is 0 Å². The summed E-state index contributed by atoms with van der Waals surface area (Å²) in [4.78, 5) is 15.3. The van der Waals surface area contributed by atoms with E-state index in [1.807, 2.05) is 12.4 Å². The van der Waals surface area contributed by atoms with Crippen LogP contribution in [-0.4, -0.2) is 39.7 Å². The number of fused-ring (bicyclic) bond motifs is 1. The van der Waals surface area contributed by atoms with Gasteiger partial charge < -0.3 is 20.0 Å². The van der Waals surface area contributed by atoms with Crippen LogP contribution in [0.3, 0.4) is 0 Å². The number of aromatic amines is 2. The summed E-state index contributed by atoms with van der Waals surface area (Å²) in [5.74, 6) is 0.925. The molecule has 6 heteroatoms. The van der Waals surface area contributed by atoms with Crippen molar-refractivity contribution >= 4 is 10.8 Å². The Labute approximate surface area is 185 Å². The molecule has 0 spiro atoms. The summed E-state index contributed by atoms with van der Waals surface area (Å²) >= 11 is 0. The first-order valence-corrected chi connectivity index (χ1v) is 10.8. The molecule has 0 radical (unpaired) electrons. The standard InChI is InChI=1S/C26H23N5O/c1-3-18(23-13-27-16-30-23)4-2-17(1)19-5-6-21-12-22(8-7-20(21)11-19)24-14-29-26(31-24)25-15-32-10-9-28-25/h1-8,11-14,16,25,28H,9-10,15H2,(H,27,30)(H,29,31)/t25-/m0/s1. The summed E-state index contributed by atoms with van der Waals surface area (Å²) in [5, 5.41) is 5.86. The number of nitrogens with one attached hydrogen (secondary N) is 3. The number of aromatic nitrogens is 4. The maximum atomic E-state index is 5.56. The minimum Gasteiger partial charge on any atom is -0.378 e. The molecule has 3 aromatic carbocycles. The van der Waals surface area contributed by atoms with Crippen LogP contribution in [0.25, 0.3) is 44.4 Å². The molecule has 2 aromatic heterocycles. The van der Waals surface area contributed by atoms with Crippen LogP contribution in [0.2, 0.25) is 0 Å². The lowest BCUT2D eigenvalue weighted by atomic mass is 9.98. The van der Waals surface area contributed by atoms with Gasteiger partial charge in [0.1, 0.15) is 5.82 Å². The number of morpholine rings is 1. The topological polar surface area (TPSA) is 78.6 Å². The second kappa shape index (κ2) is 8.07. The second-order valence-electron chi connectivity index (χ2n) is 8.08.